The van der Waals surface area contributed by atoms with Gasteiger partial charge in [0, 0.05) is 24.3 Å². The Balaban J connectivity index is 2.20. The summed E-state index contributed by atoms with van der Waals surface area (Å²) in [5.41, 5.74) is 1.02. The van der Waals surface area contributed by atoms with Gasteiger partial charge < -0.3 is 19.5 Å². The second-order valence-corrected chi connectivity index (χ2v) is 5.74. The molecule has 2 aromatic rings. The fourth-order valence-electron chi connectivity index (χ4n) is 2.42. The SMILES string of the molecule is CNC(=O)NC(=O)[C@@H](OC(=O)/C=C/c1cc(OC)ccc1OC)c1ccccc1. The summed E-state index contributed by atoms with van der Waals surface area (Å²) in [6.07, 6.45) is 1.36. The van der Waals surface area contributed by atoms with Crippen molar-refractivity contribution in [3.05, 3.63) is 65.7 Å². The minimum absolute atomic E-state index is 0.426. The summed E-state index contributed by atoms with van der Waals surface area (Å²) >= 11 is 0. The van der Waals surface area contributed by atoms with Gasteiger partial charge in [-0.2, -0.15) is 0 Å². The highest BCUT2D eigenvalue weighted by Gasteiger charge is 2.25. The zero-order chi connectivity index (χ0) is 21.2. The largest absolute Gasteiger partial charge is 0.497 e. The van der Waals surface area contributed by atoms with Crippen molar-refractivity contribution < 1.29 is 28.6 Å². The van der Waals surface area contributed by atoms with Gasteiger partial charge >= 0.3 is 12.0 Å². The van der Waals surface area contributed by atoms with Crippen molar-refractivity contribution in [2.45, 2.75) is 6.10 Å². The topological polar surface area (TPSA) is 103 Å². The first kappa shape index (κ1) is 21.5. The zero-order valence-corrected chi connectivity index (χ0v) is 16.3. The molecule has 0 aromatic heterocycles. The fraction of sp³-hybridized carbons (Fsp3) is 0.190. The Bertz CT molecular complexity index is 895. The second kappa shape index (κ2) is 10.5. The standard InChI is InChI=1S/C21H22N2O6/c1-22-21(26)23-20(25)19(14-7-5-4-6-8-14)29-18(24)12-9-15-13-16(27-2)10-11-17(15)28-3/h4-13,19H,1-3H3,(H2,22,23,25,26)/b12-9+/t19-/m0/s1. The van der Waals surface area contributed by atoms with Gasteiger partial charge in [-0.3, -0.25) is 10.1 Å². The molecule has 0 saturated carbocycles. The van der Waals surface area contributed by atoms with Gasteiger partial charge in [0.25, 0.3) is 5.91 Å². The van der Waals surface area contributed by atoms with Crippen molar-refractivity contribution in [2.24, 2.45) is 0 Å². The summed E-state index contributed by atoms with van der Waals surface area (Å²) in [5, 5.41) is 4.39. The summed E-state index contributed by atoms with van der Waals surface area (Å²) in [6, 6.07) is 12.8. The molecule has 0 fully saturated rings. The molecule has 0 radical (unpaired) electrons. The maximum absolute atomic E-state index is 12.4. The van der Waals surface area contributed by atoms with Crippen LogP contribution in [0.15, 0.2) is 54.6 Å². The number of nitrogens with one attached hydrogen (secondary N) is 2. The Kier molecular flexibility index (Phi) is 7.78. The first-order chi connectivity index (χ1) is 14.0. The van der Waals surface area contributed by atoms with E-state index in [2.05, 4.69) is 10.6 Å². The second-order valence-electron chi connectivity index (χ2n) is 5.74. The third-order valence-corrected chi connectivity index (χ3v) is 3.87. The molecule has 0 spiro atoms. The minimum Gasteiger partial charge on any atom is -0.497 e. The molecular weight excluding hydrogens is 376 g/mol. The number of ether oxygens (including phenoxy) is 3. The van der Waals surface area contributed by atoms with Gasteiger partial charge in [0.05, 0.1) is 14.2 Å². The number of methoxy groups -OCH3 is 2. The number of carbonyl (C=O) groups excluding carboxylic acids is 3. The van der Waals surface area contributed by atoms with Crippen molar-refractivity contribution in [2.75, 3.05) is 21.3 Å². The molecule has 0 aliphatic rings. The van der Waals surface area contributed by atoms with E-state index < -0.39 is 24.0 Å². The van der Waals surface area contributed by atoms with E-state index >= 15 is 0 Å². The maximum Gasteiger partial charge on any atom is 0.331 e. The molecule has 0 heterocycles. The monoisotopic (exact) mass is 398 g/mol. The van der Waals surface area contributed by atoms with Gasteiger partial charge in [0.1, 0.15) is 11.5 Å². The molecule has 152 valence electrons. The summed E-state index contributed by atoms with van der Waals surface area (Å²) in [4.78, 5) is 36.2. The number of benzene rings is 2. The molecule has 2 rings (SSSR count). The maximum atomic E-state index is 12.4. The first-order valence-corrected chi connectivity index (χ1v) is 8.66. The van der Waals surface area contributed by atoms with Crippen LogP contribution in [0.3, 0.4) is 0 Å². The lowest BCUT2D eigenvalue weighted by Gasteiger charge is -2.16. The van der Waals surface area contributed by atoms with Crippen LogP contribution in [0.1, 0.15) is 17.2 Å². The number of hydrogen-bond acceptors (Lipinski definition) is 6. The molecule has 2 aromatic carbocycles. The van der Waals surface area contributed by atoms with Gasteiger partial charge in [0.2, 0.25) is 6.10 Å². The van der Waals surface area contributed by atoms with Crippen molar-refractivity contribution in [3.8, 4) is 11.5 Å². The van der Waals surface area contributed by atoms with E-state index in [1.54, 1.807) is 48.5 Å². The Morgan fingerprint density at radius 3 is 2.34 bits per heavy atom. The highest BCUT2D eigenvalue weighted by molar-refractivity contribution is 5.98. The average molecular weight is 398 g/mol. The predicted octanol–water partition coefficient (Wildman–Crippen LogP) is 2.46. The summed E-state index contributed by atoms with van der Waals surface area (Å²) in [7, 11) is 4.40. The molecule has 1 atom stereocenters. The average Bonchev–Trinajstić information content (AvgIpc) is 2.76. The molecule has 0 aliphatic carbocycles. The highest BCUT2D eigenvalue weighted by atomic mass is 16.5. The van der Waals surface area contributed by atoms with Crippen LogP contribution in [0, 0.1) is 0 Å². The van der Waals surface area contributed by atoms with Crippen molar-refractivity contribution in [3.63, 3.8) is 0 Å². The molecule has 0 unspecified atom stereocenters. The molecule has 29 heavy (non-hydrogen) atoms. The van der Waals surface area contributed by atoms with Crippen molar-refractivity contribution in [1.29, 1.82) is 0 Å². The van der Waals surface area contributed by atoms with Crippen LogP contribution in [0.25, 0.3) is 6.08 Å². The van der Waals surface area contributed by atoms with E-state index in [1.807, 2.05) is 0 Å². The Hall–Kier alpha value is -3.81. The normalized spacial score (nSPS) is 11.4. The van der Waals surface area contributed by atoms with Crippen molar-refractivity contribution >= 4 is 24.0 Å². The summed E-state index contributed by atoms with van der Waals surface area (Å²) in [6.45, 7) is 0. The van der Waals surface area contributed by atoms with Crippen LogP contribution in [-0.4, -0.2) is 39.2 Å². The van der Waals surface area contributed by atoms with Crippen LogP contribution >= 0.6 is 0 Å². The van der Waals surface area contributed by atoms with Crippen LogP contribution in [0.2, 0.25) is 0 Å². The van der Waals surface area contributed by atoms with Gasteiger partial charge in [-0.15, -0.1) is 0 Å². The fourth-order valence-corrected chi connectivity index (χ4v) is 2.42. The molecule has 2 N–H and O–H groups in total. The molecular formula is C21H22N2O6. The molecule has 0 bridgehead atoms. The van der Waals surface area contributed by atoms with Gasteiger partial charge in [0.15, 0.2) is 0 Å². The van der Waals surface area contributed by atoms with Crippen LogP contribution < -0.4 is 20.1 Å². The Morgan fingerprint density at radius 1 is 1.00 bits per heavy atom. The number of esters is 1. The number of amides is 3. The quantitative estimate of drug-likeness (QED) is 0.549. The number of rotatable bonds is 7. The van der Waals surface area contributed by atoms with E-state index in [0.29, 0.717) is 22.6 Å². The van der Waals surface area contributed by atoms with Crippen molar-refractivity contribution in [1.82, 2.24) is 10.6 Å². The lowest BCUT2D eigenvalue weighted by molar-refractivity contribution is -0.151. The number of imide groups is 1. The van der Waals surface area contributed by atoms with Gasteiger partial charge in [-0.25, -0.2) is 9.59 Å². The van der Waals surface area contributed by atoms with Crippen LogP contribution in [-0.2, 0) is 14.3 Å². The third-order valence-electron chi connectivity index (χ3n) is 3.87. The van der Waals surface area contributed by atoms with Gasteiger partial charge in [-0.05, 0) is 24.3 Å². The number of hydrogen-bond donors (Lipinski definition) is 2. The molecule has 8 nitrogen and oxygen atoms in total. The summed E-state index contributed by atoms with van der Waals surface area (Å²) < 4.78 is 15.7. The van der Waals surface area contributed by atoms with E-state index in [4.69, 9.17) is 14.2 Å². The first-order valence-electron chi connectivity index (χ1n) is 8.66. The third kappa shape index (κ3) is 6.10. The Morgan fingerprint density at radius 2 is 1.72 bits per heavy atom. The lowest BCUT2D eigenvalue weighted by Crippen LogP contribution is -2.41. The zero-order valence-electron chi connectivity index (χ0n) is 16.3. The van der Waals surface area contributed by atoms with E-state index in [0.717, 1.165) is 0 Å². The molecule has 0 aliphatic heterocycles. The Labute approximate surface area is 168 Å². The summed E-state index contributed by atoms with van der Waals surface area (Å²) in [5.74, 6) is -0.412. The van der Waals surface area contributed by atoms with E-state index in [-0.39, 0.29) is 0 Å². The highest BCUT2D eigenvalue weighted by Crippen LogP contribution is 2.25. The van der Waals surface area contributed by atoms with Crippen LogP contribution in [0.4, 0.5) is 4.79 Å². The van der Waals surface area contributed by atoms with E-state index in [1.165, 1.54) is 33.4 Å². The lowest BCUT2D eigenvalue weighted by atomic mass is 10.1. The molecule has 0 saturated heterocycles. The molecule has 3 amide bonds. The van der Waals surface area contributed by atoms with Crippen LogP contribution in [0.5, 0.6) is 11.5 Å². The predicted molar refractivity (Wildman–Crippen MR) is 106 cm³/mol. The van der Waals surface area contributed by atoms with E-state index in [9.17, 15) is 14.4 Å². The number of urea groups is 1. The smallest absolute Gasteiger partial charge is 0.331 e. The number of carbonyl (C=O) groups is 3. The van der Waals surface area contributed by atoms with Gasteiger partial charge in [-0.1, -0.05) is 30.3 Å². The molecule has 8 heteroatoms. The minimum atomic E-state index is -1.29.